The van der Waals surface area contributed by atoms with Crippen LogP contribution in [0.25, 0.3) is 0 Å². The van der Waals surface area contributed by atoms with Crippen molar-refractivity contribution in [3.05, 3.63) is 59.7 Å². The standard InChI is InChI=1S/C18H21FN2O2/c1-23-18-8-13(2-3-17(18)19)9-21-10-15(12-22)16(11-21)14-4-6-20-7-5-14/h2-8,15-16,22H,9-12H2,1H3/t15-,16-/m0/s1. The fourth-order valence-electron chi connectivity index (χ4n) is 3.32. The number of rotatable bonds is 5. The maximum absolute atomic E-state index is 13.5. The van der Waals surface area contributed by atoms with Crippen LogP contribution in [-0.2, 0) is 6.54 Å². The number of benzene rings is 1. The summed E-state index contributed by atoms with van der Waals surface area (Å²) in [6.45, 7) is 2.57. The summed E-state index contributed by atoms with van der Waals surface area (Å²) in [6, 6.07) is 8.98. The third-order valence-electron chi connectivity index (χ3n) is 4.51. The zero-order chi connectivity index (χ0) is 16.2. The molecule has 0 spiro atoms. The first-order valence-electron chi connectivity index (χ1n) is 7.77. The molecule has 122 valence electrons. The number of likely N-dealkylation sites (tertiary alicyclic amines) is 1. The van der Waals surface area contributed by atoms with Crippen molar-refractivity contribution in [1.29, 1.82) is 0 Å². The van der Waals surface area contributed by atoms with Gasteiger partial charge in [0.25, 0.3) is 0 Å². The average Bonchev–Trinajstić information content (AvgIpc) is 3.00. The van der Waals surface area contributed by atoms with Gasteiger partial charge in [-0.3, -0.25) is 9.88 Å². The third-order valence-corrected chi connectivity index (χ3v) is 4.51. The maximum Gasteiger partial charge on any atom is 0.165 e. The molecule has 0 amide bonds. The van der Waals surface area contributed by atoms with Gasteiger partial charge in [-0.05, 0) is 35.4 Å². The second kappa shape index (κ2) is 7.06. The summed E-state index contributed by atoms with van der Waals surface area (Å²) >= 11 is 0. The summed E-state index contributed by atoms with van der Waals surface area (Å²) in [5.41, 5.74) is 2.22. The second-order valence-electron chi connectivity index (χ2n) is 5.99. The zero-order valence-corrected chi connectivity index (χ0v) is 13.2. The Morgan fingerprint density at radius 2 is 2.04 bits per heavy atom. The summed E-state index contributed by atoms with van der Waals surface area (Å²) in [6.07, 6.45) is 3.58. The SMILES string of the molecule is COc1cc(CN2C[C@@H](CO)[C@H](c3ccncc3)C2)ccc1F. The summed E-state index contributed by atoms with van der Waals surface area (Å²) in [5, 5.41) is 9.69. The van der Waals surface area contributed by atoms with E-state index in [0.29, 0.717) is 12.5 Å². The van der Waals surface area contributed by atoms with Crippen molar-refractivity contribution in [3.8, 4) is 5.75 Å². The lowest BCUT2D eigenvalue weighted by Gasteiger charge is -2.17. The molecular weight excluding hydrogens is 295 g/mol. The van der Waals surface area contributed by atoms with Crippen LogP contribution < -0.4 is 4.74 Å². The Labute approximate surface area is 135 Å². The van der Waals surface area contributed by atoms with E-state index in [2.05, 4.69) is 9.88 Å². The van der Waals surface area contributed by atoms with E-state index in [9.17, 15) is 9.50 Å². The smallest absolute Gasteiger partial charge is 0.165 e. The quantitative estimate of drug-likeness (QED) is 0.920. The molecule has 1 aliphatic rings. The first-order chi connectivity index (χ1) is 11.2. The van der Waals surface area contributed by atoms with Crippen LogP contribution in [0.4, 0.5) is 4.39 Å². The van der Waals surface area contributed by atoms with Gasteiger partial charge in [0.1, 0.15) is 0 Å². The lowest BCUT2D eigenvalue weighted by Crippen LogP contribution is -2.21. The number of aliphatic hydroxyl groups is 1. The van der Waals surface area contributed by atoms with Crippen molar-refractivity contribution in [2.45, 2.75) is 12.5 Å². The molecule has 1 saturated heterocycles. The highest BCUT2D eigenvalue weighted by Gasteiger charge is 2.33. The number of hydrogen-bond acceptors (Lipinski definition) is 4. The van der Waals surface area contributed by atoms with Crippen LogP contribution in [0.5, 0.6) is 5.75 Å². The monoisotopic (exact) mass is 316 g/mol. The molecule has 0 bridgehead atoms. The molecule has 0 radical (unpaired) electrons. The number of nitrogens with zero attached hydrogens (tertiary/aromatic N) is 2. The third kappa shape index (κ3) is 3.51. The van der Waals surface area contributed by atoms with Gasteiger partial charge in [0.2, 0.25) is 0 Å². The van der Waals surface area contributed by atoms with Gasteiger partial charge in [-0.2, -0.15) is 0 Å². The lowest BCUT2D eigenvalue weighted by molar-refractivity contribution is 0.214. The topological polar surface area (TPSA) is 45.6 Å². The molecule has 1 N–H and O–H groups in total. The lowest BCUT2D eigenvalue weighted by atomic mass is 9.90. The van der Waals surface area contributed by atoms with Crippen LogP contribution in [0.1, 0.15) is 17.0 Å². The molecule has 0 saturated carbocycles. The Kier molecular flexibility index (Phi) is 4.88. The van der Waals surface area contributed by atoms with E-state index in [-0.39, 0.29) is 24.1 Å². The van der Waals surface area contributed by atoms with Gasteiger partial charge in [0, 0.05) is 50.5 Å². The first kappa shape index (κ1) is 15.9. The highest BCUT2D eigenvalue weighted by molar-refractivity contribution is 5.30. The number of aromatic nitrogens is 1. The fraction of sp³-hybridized carbons (Fsp3) is 0.389. The van der Waals surface area contributed by atoms with E-state index in [0.717, 1.165) is 18.7 Å². The highest BCUT2D eigenvalue weighted by Crippen LogP contribution is 2.33. The van der Waals surface area contributed by atoms with Crippen LogP contribution in [0.15, 0.2) is 42.7 Å². The van der Waals surface area contributed by atoms with Crippen molar-refractivity contribution in [1.82, 2.24) is 9.88 Å². The van der Waals surface area contributed by atoms with E-state index in [1.54, 1.807) is 24.5 Å². The molecule has 1 aromatic heterocycles. The van der Waals surface area contributed by atoms with Gasteiger partial charge in [-0.25, -0.2) is 4.39 Å². The minimum Gasteiger partial charge on any atom is -0.494 e. The van der Waals surface area contributed by atoms with E-state index < -0.39 is 0 Å². The van der Waals surface area contributed by atoms with E-state index in [4.69, 9.17) is 4.74 Å². The molecule has 23 heavy (non-hydrogen) atoms. The summed E-state index contributed by atoms with van der Waals surface area (Å²) in [5.74, 6) is 0.428. The number of ether oxygens (including phenoxy) is 1. The van der Waals surface area contributed by atoms with Crippen molar-refractivity contribution in [2.24, 2.45) is 5.92 Å². The number of halogens is 1. The molecule has 2 heterocycles. The van der Waals surface area contributed by atoms with Crippen LogP contribution in [-0.4, -0.2) is 41.8 Å². The molecule has 0 unspecified atom stereocenters. The molecule has 0 aliphatic carbocycles. The molecule has 1 fully saturated rings. The number of aliphatic hydroxyl groups excluding tert-OH is 1. The van der Waals surface area contributed by atoms with Gasteiger partial charge in [-0.15, -0.1) is 0 Å². The van der Waals surface area contributed by atoms with Crippen LogP contribution in [0.3, 0.4) is 0 Å². The van der Waals surface area contributed by atoms with Crippen molar-refractivity contribution in [2.75, 3.05) is 26.8 Å². The predicted octanol–water partition coefficient (Wildman–Crippen LogP) is 2.44. The minimum absolute atomic E-state index is 0.163. The van der Waals surface area contributed by atoms with Gasteiger partial charge in [-0.1, -0.05) is 6.07 Å². The Balaban J connectivity index is 1.73. The largest absolute Gasteiger partial charge is 0.494 e. The molecule has 5 heteroatoms. The van der Waals surface area contributed by atoms with E-state index >= 15 is 0 Å². The van der Waals surface area contributed by atoms with E-state index in [1.807, 2.05) is 12.1 Å². The fourth-order valence-corrected chi connectivity index (χ4v) is 3.32. The summed E-state index contributed by atoms with van der Waals surface area (Å²) in [4.78, 5) is 6.35. The second-order valence-corrected chi connectivity index (χ2v) is 5.99. The molecular formula is C18H21FN2O2. The number of methoxy groups -OCH3 is 1. The van der Waals surface area contributed by atoms with Crippen molar-refractivity contribution in [3.63, 3.8) is 0 Å². The van der Waals surface area contributed by atoms with E-state index in [1.165, 1.54) is 18.7 Å². The Morgan fingerprint density at radius 1 is 1.26 bits per heavy atom. The van der Waals surface area contributed by atoms with Gasteiger partial charge >= 0.3 is 0 Å². The van der Waals surface area contributed by atoms with Gasteiger partial charge < -0.3 is 9.84 Å². The van der Waals surface area contributed by atoms with Crippen molar-refractivity contribution >= 4 is 0 Å². The first-order valence-corrected chi connectivity index (χ1v) is 7.77. The Morgan fingerprint density at radius 3 is 2.74 bits per heavy atom. The van der Waals surface area contributed by atoms with Crippen LogP contribution in [0.2, 0.25) is 0 Å². The number of hydrogen-bond donors (Lipinski definition) is 1. The van der Waals surface area contributed by atoms with Crippen molar-refractivity contribution < 1.29 is 14.2 Å². The maximum atomic E-state index is 13.5. The van der Waals surface area contributed by atoms with Crippen LogP contribution >= 0.6 is 0 Å². The molecule has 3 rings (SSSR count). The molecule has 2 aromatic rings. The normalized spacial score (nSPS) is 21.5. The summed E-state index contributed by atoms with van der Waals surface area (Å²) < 4.78 is 18.5. The Bertz CT molecular complexity index is 651. The molecule has 4 nitrogen and oxygen atoms in total. The minimum atomic E-state index is -0.347. The highest BCUT2D eigenvalue weighted by atomic mass is 19.1. The number of pyridine rings is 1. The molecule has 1 aliphatic heterocycles. The molecule has 1 aromatic carbocycles. The zero-order valence-electron chi connectivity index (χ0n) is 13.2. The van der Waals surface area contributed by atoms with Crippen LogP contribution in [0, 0.1) is 11.7 Å². The summed E-state index contributed by atoms with van der Waals surface area (Å²) in [7, 11) is 1.47. The average molecular weight is 316 g/mol. The Hall–Kier alpha value is -1.98. The van der Waals surface area contributed by atoms with Gasteiger partial charge in [0.15, 0.2) is 11.6 Å². The van der Waals surface area contributed by atoms with Gasteiger partial charge in [0.05, 0.1) is 7.11 Å². The predicted molar refractivity (Wildman–Crippen MR) is 85.8 cm³/mol. The molecule has 2 atom stereocenters.